The molecule has 0 spiro atoms. The van der Waals surface area contributed by atoms with Crippen molar-refractivity contribution in [2.24, 2.45) is 14.1 Å². The molecule has 0 N–H and O–H groups in total. The molecule has 1 aliphatic heterocycles. The lowest BCUT2D eigenvalue weighted by molar-refractivity contribution is -0.0685. The minimum Gasteiger partial charge on any atom is -0.373 e. The third kappa shape index (κ3) is 2.72. The van der Waals surface area contributed by atoms with Gasteiger partial charge in [0.2, 0.25) is 5.78 Å². The van der Waals surface area contributed by atoms with Crippen molar-refractivity contribution >= 4 is 16.9 Å². The fourth-order valence-corrected chi connectivity index (χ4v) is 4.37. The number of morpholine rings is 1. The Morgan fingerprint density at radius 1 is 1.00 bits per heavy atom. The summed E-state index contributed by atoms with van der Waals surface area (Å²) in [4.78, 5) is 32.2. The molecule has 3 aromatic rings. The molecule has 2 atom stereocenters. The highest BCUT2D eigenvalue weighted by Crippen LogP contribution is 2.21. The van der Waals surface area contributed by atoms with Crippen molar-refractivity contribution in [2.45, 2.75) is 46.4 Å². The summed E-state index contributed by atoms with van der Waals surface area (Å²) in [6.07, 6.45) is 0.450. The van der Waals surface area contributed by atoms with Crippen molar-refractivity contribution < 1.29 is 4.74 Å². The van der Waals surface area contributed by atoms with Gasteiger partial charge in [0.05, 0.1) is 12.2 Å². The molecule has 9 nitrogen and oxygen atoms in total. The van der Waals surface area contributed by atoms with Crippen LogP contribution in [0.25, 0.3) is 16.9 Å². The molecule has 152 valence electrons. The standard InChI is InChI=1S/C19H28N6O3/c1-11-9-23(10-12(2)28-11)7-8-24-13(3)14(4)25-15-16(20-18(24)25)21(5)19(27)22(6)17(15)26/h11-12H,7-10H2,1-6H3/t11-,12-/m0/s1. The Kier molecular flexibility index (Phi) is 4.46. The average Bonchev–Trinajstić information content (AvgIpc) is 3.13. The zero-order valence-electron chi connectivity index (χ0n) is 17.4. The van der Waals surface area contributed by atoms with Crippen molar-refractivity contribution in [2.75, 3.05) is 19.6 Å². The molecule has 28 heavy (non-hydrogen) atoms. The summed E-state index contributed by atoms with van der Waals surface area (Å²) in [6, 6.07) is 0. The minimum absolute atomic E-state index is 0.225. The van der Waals surface area contributed by atoms with Crippen LogP contribution in [0.3, 0.4) is 0 Å². The summed E-state index contributed by atoms with van der Waals surface area (Å²) in [5.74, 6) is 0.706. The third-order valence-electron chi connectivity index (χ3n) is 5.88. The van der Waals surface area contributed by atoms with Gasteiger partial charge in [0, 0.05) is 51.7 Å². The van der Waals surface area contributed by atoms with Crippen LogP contribution in [0.15, 0.2) is 9.59 Å². The fourth-order valence-electron chi connectivity index (χ4n) is 4.37. The first-order valence-corrected chi connectivity index (χ1v) is 9.72. The number of fused-ring (bicyclic) bond motifs is 3. The van der Waals surface area contributed by atoms with Crippen molar-refractivity contribution in [3.63, 3.8) is 0 Å². The molecule has 0 amide bonds. The van der Waals surface area contributed by atoms with Crippen LogP contribution < -0.4 is 11.2 Å². The van der Waals surface area contributed by atoms with E-state index in [2.05, 4.69) is 28.3 Å². The average molecular weight is 388 g/mol. The number of rotatable bonds is 3. The first kappa shape index (κ1) is 18.9. The molecule has 0 aromatic carbocycles. The molecule has 9 heteroatoms. The van der Waals surface area contributed by atoms with Crippen molar-refractivity contribution in [3.05, 3.63) is 32.2 Å². The number of ether oxygens (including phenoxy) is 1. The largest absolute Gasteiger partial charge is 0.373 e. The maximum atomic E-state index is 12.8. The van der Waals surface area contributed by atoms with Crippen LogP contribution in [-0.2, 0) is 25.4 Å². The minimum atomic E-state index is -0.365. The van der Waals surface area contributed by atoms with E-state index in [-0.39, 0.29) is 23.5 Å². The lowest BCUT2D eigenvalue weighted by atomic mass is 10.2. The predicted molar refractivity (Wildman–Crippen MR) is 107 cm³/mol. The van der Waals surface area contributed by atoms with Crippen LogP contribution >= 0.6 is 0 Å². The molecule has 1 saturated heterocycles. The Morgan fingerprint density at radius 3 is 2.29 bits per heavy atom. The lowest BCUT2D eigenvalue weighted by Crippen LogP contribution is -2.46. The Balaban J connectivity index is 1.81. The van der Waals surface area contributed by atoms with Gasteiger partial charge in [-0.15, -0.1) is 0 Å². The number of nitrogens with zero attached hydrogens (tertiary/aromatic N) is 6. The zero-order chi connectivity index (χ0) is 20.3. The van der Waals surface area contributed by atoms with Crippen LogP contribution in [0, 0.1) is 13.8 Å². The van der Waals surface area contributed by atoms with Crippen molar-refractivity contribution in [1.29, 1.82) is 0 Å². The molecular formula is C19H28N6O3. The number of imidazole rings is 2. The lowest BCUT2D eigenvalue weighted by Gasteiger charge is -2.35. The second kappa shape index (κ2) is 6.59. The molecule has 1 fully saturated rings. The molecule has 4 rings (SSSR count). The molecule has 0 unspecified atom stereocenters. The quantitative estimate of drug-likeness (QED) is 0.650. The van der Waals surface area contributed by atoms with E-state index >= 15 is 0 Å². The van der Waals surface area contributed by atoms with Crippen LogP contribution in [-0.4, -0.2) is 59.8 Å². The van der Waals surface area contributed by atoms with E-state index in [0.29, 0.717) is 16.9 Å². The van der Waals surface area contributed by atoms with Gasteiger partial charge in [-0.25, -0.2) is 4.79 Å². The maximum absolute atomic E-state index is 12.8. The molecule has 0 bridgehead atoms. The number of hydrogen-bond donors (Lipinski definition) is 0. The van der Waals surface area contributed by atoms with E-state index in [1.807, 2.05) is 18.2 Å². The molecule has 0 saturated carbocycles. The second-order valence-corrected chi connectivity index (χ2v) is 7.96. The molecule has 4 heterocycles. The van der Waals surface area contributed by atoms with Gasteiger partial charge in [-0.05, 0) is 27.7 Å². The van der Waals surface area contributed by atoms with Gasteiger partial charge in [0.25, 0.3) is 5.56 Å². The number of aromatic nitrogens is 5. The van der Waals surface area contributed by atoms with Crippen LogP contribution in [0.2, 0.25) is 0 Å². The smallest absolute Gasteiger partial charge is 0.332 e. The van der Waals surface area contributed by atoms with Crippen molar-refractivity contribution in [3.8, 4) is 0 Å². The Bertz CT molecular complexity index is 1170. The van der Waals surface area contributed by atoms with Gasteiger partial charge in [0.15, 0.2) is 11.2 Å². The van der Waals surface area contributed by atoms with E-state index < -0.39 is 0 Å². The summed E-state index contributed by atoms with van der Waals surface area (Å²) in [5, 5.41) is 0. The summed E-state index contributed by atoms with van der Waals surface area (Å²) >= 11 is 0. The van der Waals surface area contributed by atoms with E-state index in [1.165, 1.54) is 11.6 Å². The Labute approximate surface area is 162 Å². The Morgan fingerprint density at radius 2 is 1.64 bits per heavy atom. The summed E-state index contributed by atoms with van der Waals surface area (Å²) in [6.45, 7) is 11.7. The third-order valence-corrected chi connectivity index (χ3v) is 5.88. The summed E-state index contributed by atoms with van der Waals surface area (Å²) < 4.78 is 12.4. The van der Waals surface area contributed by atoms with Gasteiger partial charge in [-0.2, -0.15) is 4.98 Å². The molecule has 0 aliphatic carbocycles. The van der Waals surface area contributed by atoms with Crippen LogP contribution in [0.4, 0.5) is 0 Å². The van der Waals surface area contributed by atoms with Gasteiger partial charge in [0.1, 0.15) is 0 Å². The van der Waals surface area contributed by atoms with E-state index in [0.717, 1.165) is 42.1 Å². The zero-order valence-corrected chi connectivity index (χ0v) is 17.4. The second-order valence-electron chi connectivity index (χ2n) is 7.96. The first-order chi connectivity index (χ1) is 13.2. The highest BCUT2D eigenvalue weighted by Gasteiger charge is 2.24. The predicted octanol–water partition coefficient (Wildman–Crippen LogP) is 0.412. The molecule has 1 aliphatic rings. The van der Waals surface area contributed by atoms with Gasteiger partial charge in [-0.3, -0.25) is 23.2 Å². The fraction of sp³-hybridized carbons (Fsp3) is 0.632. The van der Waals surface area contributed by atoms with E-state index in [4.69, 9.17) is 4.74 Å². The molecule has 0 radical (unpaired) electrons. The van der Waals surface area contributed by atoms with Crippen molar-refractivity contribution in [1.82, 2.24) is 28.0 Å². The topological polar surface area (TPSA) is 78.7 Å². The van der Waals surface area contributed by atoms with Gasteiger partial charge >= 0.3 is 5.69 Å². The first-order valence-electron chi connectivity index (χ1n) is 9.72. The van der Waals surface area contributed by atoms with Gasteiger partial charge < -0.3 is 9.30 Å². The van der Waals surface area contributed by atoms with E-state index in [9.17, 15) is 9.59 Å². The van der Waals surface area contributed by atoms with E-state index in [1.54, 1.807) is 7.05 Å². The maximum Gasteiger partial charge on any atom is 0.332 e. The molecular weight excluding hydrogens is 360 g/mol. The molecule has 3 aromatic heterocycles. The number of aryl methyl sites for hydroxylation is 2. The van der Waals surface area contributed by atoms with Crippen LogP contribution in [0.1, 0.15) is 25.2 Å². The normalized spacial score (nSPS) is 21.2. The SMILES string of the molecule is Cc1c(C)n2c3c(=O)n(C)c(=O)n(C)c3nc2n1CCN1C[C@H](C)O[C@@H](C)C1. The highest BCUT2D eigenvalue weighted by molar-refractivity contribution is 5.76. The highest BCUT2D eigenvalue weighted by atomic mass is 16.5. The summed E-state index contributed by atoms with van der Waals surface area (Å²) in [7, 11) is 3.16. The summed E-state index contributed by atoms with van der Waals surface area (Å²) in [5.41, 5.74) is 2.24. The number of hydrogen-bond acceptors (Lipinski definition) is 5. The Hall–Kier alpha value is -2.39. The van der Waals surface area contributed by atoms with Gasteiger partial charge in [-0.1, -0.05) is 0 Å². The van der Waals surface area contributed by atoms with Crippen LogP contribution in [0.5, 0.6) is 0 Å². The monoisotopic (exact) mass is 388 g/mol.